The number of benzene rings is 2. The maximum absolute atomic E-state index is 12.2. The third kappa shape index (κ3) is 2.57. The van der Waals surface area contributed by atoms with E-state index in [9.17, 15) is 9.59 Å². The highest BCUT2D eigenvalue weighted by Crippen LogP contribution is 2.26. The number of aryl methyl sites for hydroxylation is 1. The van der Waals surface area contributed by atoms with Crippen molar-refractivity contribution in [3.05, 3.63) is 64.2 Å². The number of amides is 2. The van der Waals surface area contributed by atoms with Gasteiger partial charge in [-0.15, -0.1) is 0 Å². The van der Waals surface area contributed by atoms with Crippen LogP contribution in [0.3, 0.4) is 0 Å². The van der Waals surface area contributed by atoms with Gasteiger partial charge in [-0.1, -0.05) is 29.8 Å². The monoisotopic (exact) mass is 315 g/mol. The lowest BCUT2D eigenvalue weighted by Crippen LogP contribution is -2.33. The van der Waals surface area contributed by atoms with Gasteiger partial charge in [0.05, 0.1) is 22.7 Å². The second kappa shape index (κ2) is 5.81. The quantitative estimate of drug-likeness (QED) is 0.813. The first-order chi connectivity index (χ1) is 10.6. The van der Waals surface area contributed by atoms with E-state index in [1.165, 1.54) is 4.90 Å². The maximum atomic E-state index is 12.2. The molecule has 2 aromatic rings. The van der Waals surface area contributed by atoms with Crippen molar-refractivity contribution in [3.8, 4) is 5.75 Å². The van der Waals surface area contributed by atoms with Gasteiger partial charge >= 0.3 is 0 Å². The van der Waals surface area contributed by atoms with Gasteiger partial charge in [0.1, 0.15) is 12.4 Å². The molecule has 1 heterocycles. The van der Waals surface area contributed by atoms with Gasteiger partial charge in [0.15, 0.2) is 0 Å². The Hall–Kier alpha value is -2.33. The average molecular weight is 316 g/mol. The second-order valence-corrected chi connectivity index (χ2v) is 5.50. The minimum absolute atomic E-state index is 0.191. The summed E-state index contributed by atoms with van der Waals surface area (Å²) in [6.07, 6.45) is 0. The predicted octanol–water partition coefficient (Wildman–Crippen LogP) is 3.32. The Kier molecular flexibility index (Phi) is 3.86. The molecule has 0 saturated heterocycles. The van der Waals surface area contributed by atoms with Crippen molar-refractivity contribution in [1.29, 1.82) is 0 Å². The SMILES string of the molecule is Cc1ccc(Cl)c(OCCN2C(=O)c3ccccc3C2=O)c1. The van der Waals surface area contributed by atoms with E-state index in [0.29, 0.717) is 21.9 Å². The topological polar surface area (TPSA) is 46.6 Å². The third-order valence-electron chi connectivity index (χ3n) is 3.54. The van der Waals surface area contributed by atoms with Gasteiger partial charge in [-0.25, -0.2) is 0 Å². The summed E-state index contributed by atoms with van der Waals surface area (Å²) in [6, 6.07) is 12.3. The van der Waals surface area contributed by atoms with Crippen LogP contribution >= 0.6 is 11.6 Å². The summed E-state index contributed by atoms with van der Waals surface area (Å²) < 4.78 is 5.60. The van der Waals surface area contributed by atoms with Crippen molar-refractivity contribution in [3.63, 3.8) is 0 Å². The Labute approximate surface area is 133 Å². The van der Waals surface area contributed by atoms with Crippen LogP contribution in [0.4, 0.5) is 0 Å². The Morgan fingerprint density at radius 3 is 2.32 bits per heavy atom. The molecule has 0 spiro atoms. The van der Waals surface area contributed by atoms with Crippen LogP contribution in [-0.4, -0.2) is 29.9 Å². The number of rotatable bonds is 4. The first kappa shape index (κ1) is 14.6. The Bertz CT molecular complexity index is 722. The van der Waals surface area contributed by atoms with Crippen LogP contribution in [0.2, 0.25) is 5.02 Å². The number of fused-ring (bicyclic) bond motifs is 1. The molecule has 1 aliphatic rings. The summed E-state index contributed by atoms with van der Waals surface area (Å²) in [4.78, 5) is 25.6. The lowest BCUT2D eigenvalue weighted by molar-refractivity contribution is 0.0631. The van der Waals surface area contributed by atoms with E-state index in [1.54, 1.807) is 30.3 Å². The highest BCUT2D eigenvalue weighted by Gasteiger charge is 2.34. The normalized spacial score (nSPS) is 13.5. The highest BCUT2D eigenvalue weighted by atomic mass is 35.5. The van der Waals surface area contributed by atoms with Gasteiger partial charge in [-0.2, -0.15) is 0 Å². The molecule has 2 amide bonds. The van der Waals surface area contributed by atoms with E-state index in [0.717, 1.165) is 5.56 Å². The van der Waals surface area contributed by atoms with Crippen LogP contribution in [0, 0.1) is 6.92 Å². The van der Waals surface area contributed by atoms with Crippen molar-refractivity contribution in [2.45, 2.75) is 6.92 Å². The number of hydrogen-bond acceptors (Lipinski definition) is 3. The van der Waals surface area contributed by atoms with Crippen LogP contribution < -0.4 is 4.74 Å². The maximum Gasteiger partial charge on any atom is 0.261 e. The summed E-state index contributed by atoms with van der Waals surface area (Å²) in [5, 5.41) is 0.507. The van der Waals surface area contributed by atoms with Crippen molar-refractivity contribution in [2.75, 3.05) is 13.2 Å². The van der Waals surface area contributed by atoms with Crippen LogP contribution in [0.5, 0.6) is 5.75 Å². The summed E-state index contributed by atoms with van der Waals surface area (Å²) in [5.74, 6) is -0.00245. The minimum Gasteiger partial charge on any atom is -0.490 e. The number of nitrogens with zero attached hydrogens (tertiary/aromatic N) is 1. The number of carbonyl (C=O) groups is 2. The van der Waals surface area contributed by atoms with Crippen molar-refractivity contribution >= 4 is 23.4 Å². The summed E-state index contributed by atoms with van der Waals surface area (Å²) in [7, 11) is 0. The molecule has 0 radical (unpaired) electrons. The molecule has 0 fully saturated rings. The van der Waals surface area contributed by atoms with Crippen molar-refractivity contribution in [2.24, 2.45) is 0 Å². The molecule has 112 valence electrons. The van der Waals surface area contributed by atoms with Crippen LogP contribution in [0.25, 0.3) is 0 Å². The van der Waals surface area contributed by atoms with Gasteiger partial charge in [0.25, 0.3) is 11.8 Å². The van der Waals surface area contributed by atoms with Crippen LogP contribution in [-0.2, 0) is 0 Å². The lowest BCUT2D eigenvalue weighted by atomic mass is 10.1. The Balaban J connectivity index is 1.67. The highest BCUT2D eigenvalue weighted by molar-refractivity contribution is 6.32. The Morgan fingerprint density at radius 2 is 1.68 bits per heavy atom. The largest absolute Gasteiger partial charge is 0.490 e. The molecule has 0 bridgehead atoms. The van der Waals surface area contributed by atoms with Crippen molar-refractivity contribution in [1.82, 2.24) is 4.90 Å². The molecule has 0 saturated carbocycles. The molecule has 0 aromatic heterocycles. The summed E-state index contributed by atoms with van der Waals surface area (Å²) >= 11 is 6.05. The molecule has 0 aliphatic carbocycles. The van der Waals surface area contributed by atoms with E-state index < -0.39 is 0 Å². The zero-order chi connectivity index (χ0) is 15.7. The second-order valence-electron chi connectivity index (χ2n) is 5.09. The van der Waals surface area contributed by atoms with E-state index in [1.807, 2.05) is 19.1 Å². The van der Waals surface area contributed by atoms with Gasteiger partial charge in [-0.05, 0) is 36.8 Å². The third-order valence-corrected chi connectivity index (χ3v) is 3.85. The molecular formula is C17H14ClNO3. The Morgan fingerprint density at radius 1 is 1.05 bits per heavy atom. The molecule has 5 heteroatoms. The fourth-order valence-electron chi connectivity index (χ4n) is 2.41. The standard InChI is InChI=1S/C17H14ClNO3/c1-11-6-7-14(18)15(10-11)22-9-8-19-16(20)12-4-2-3-5-13(12)17(19)21/h2-7,10H,8-9H2,1H3. The first-order valence-corrected chi connectivity index (χ1v) is 7.30. The fraction of sp³-hybridized carbons (Fsp3) is 0.176. The van der Waals surface area contributed by atoms with Gasteiger partial charge < -0.3 is 4.74 Å². The molecular weight excluding hydrogens is 302 g/mol. The molecule has 3 rings (SSSR count). The zero-order valence-corrected chi connectivity index (χ0v) is 12.8. The number of imide groups is 1. The predicted molar refractivity (Wildman–Crippen MR) is 83.5 cm³/mol. The van der Waals surface area contributed by atoms with E-state index in [2.05, 4.69) is 0 Å². The van der Waals surface area contributed by atoms with Crippen LogP contribution in [0.1, 0.15) is 26.3 Å². The average Bonchev–Trinajstić information content (AvgIpc) is 2.76. The number of hydrogen-bond donors (Lipinski definition) is 0. The number of carbonyl (C=O) groups excluding carboxylic acids is 2. The molecule has 1 aliphatic heterocycles. The number of ether oxygens (including phenoxy) is 1. The van der Waals surface area contributed by atoms with Crippen molar-refractivity contribution < 1.29 is 14.3 Å². The summed E-state index contributed by atoms with van der Waals surface area (Å²) in [5.41, 5.74) is 1.92. The van der Waals surface area contributed by atoms with E-state index >= 15 is 0 Å². The first-order valence-electron chi connectivity index (χ1n) is 6.92. The smallest absolute Gasteiger partial charge is 0.261 e. The van der Waals surface area contributed by atoms with E-state index in [4.69, 9.17) is 16.3 Å². The fourth-order valence-corrected chi connectivity index (χ4v) is 2.58. The van der Waals surface area contributed by atoms with Crippen LogP contribution in [0.15, 0.2) is 42.5 Å². The summed E-state index contributed by atoms with van der Waals surface area (Å²) in [6.45, 7) is 2.33. The molecule has 0 unspecified atom stereocenters. The van der Waals surface area contributed by atoms with Gasteiger partial charge in [0.2, 0.25) is 0 Å². The molecule has 2 aromatic carbocycles. The lowest BCUT2D eigenvalue weighted by Gasteiger charge is -2.15. The van der Waals surface area contributed by atoms with E-state index in [-0.39, 0.29) is 25.0 Å². The van der Waals surface area contributed by atoms with Gasteiger partial charge in [-0.3, -0.25) is 14.5 Å². The molecule has 0 atom stereocenters. The minimum atomic E-state index is -0.278. The molecule has 4 nitrogen and oxygen atoms in total. The molecule has 22 heavy (non-hydrogen) atoms. The van der Waals surface area contributed by atoms with Gasteiger partial charge in [0, 0.05) is 0 Å². The molecule has 0 N–H and O–H groups in total. The number of halogens is 1. The zero-order valence-electron chi connectivity index (χ0n) is 12.0.